The standard InChI is InChI=1S/C28H24N2O6/c1-3-35-21-13-14-22(23(15-21)36-4-2)26(32)24-25(18-7-11-20(31)12-8-18)30(28(34)27(24)33)19-9-5-17(16-29)6-10-19/h5-15,25,31-32H,3-4H2,1-2H3/b26-24-. The summed E-state index contributed by atoms with van der Waals surface area (Å²) in [5.74, 6) is -1.25. The minimum Gasteiger partial charge on any atom is -0.508 e. The number of rotatable bonds is 7. The molecule has 1 atom stereocenters. The summed E-state index contributed by atoms with van der Waals surface area (Å²) in [6.45, 7) is 4.37. The highest BCUT2D eigenvalue weighted by atomic mass is 16.5. The van der Waals surface area contributed by atoms with E-state index in [0.29, 0.717) is 41.5 Å². The third-order valence-electron chi connectivity index (χ3n) is 5.75. The summed E-state index contributed by atoms with van der Waals surface area (Å²) in [5.41, 5.74) is 1.39. The molecule has 36 heavy (non-hydrogen) atoms. The van der Waals surface area contributed by atoms with Gasteiger partial charge in [0.2, 0.25) is 0 Å². The van der Waals surface area contributed by atoms with Crippen molar-refractivity contribution in [2.45, 2.75) is 19.9 Å². The van der Waals surface area contributed by atoms with Gasteiger partial charge in [0, 0.05) is 11.8 Å². The molecule has 1 aliphatic heterocycles. The van der Waals surface area contributed by atoms with Crippen LogP contribution in [0.3, 0.4) is 0 Å². The first-order valence-electron chi connectivity index (χ1n) is 11.4. The molecule has 8 heteroatoms. The van der Waals surface area contributed by atoms with Gasteiger partial charge in [0.25, 0.3) is 11.7 Å². The summed E-state index contributed by atoms with van der Waals surface area (Å²) in [5, 5.41) is 30.4. The lowest BCUT2D eigenvalue weighted by Gasteiger charge is -2.25. The van der Waals surface area contributed by atoms with Crippen LogP contribution in [0.25, 0.3) is 5.76 Å². The molecule has 0 aromatic heterocycles. The molecule has 4 rings (SSSR count). The lowest BCUT2D eigenvalue weighted by molar-refractivity contribution is -0.132. The average Bonchev–Trinajstić information content (AvgIpc) is 3.15. The van der Waals surface area contributed by atoms with Crippen LogP contribution in [0.2, 0.25) is 0 Å². The number of aliphatic hydroxyl groups is 1. The number of hydrogen-bond acceptors (Lipinski definition) is 7. The number of anilines is 1. The second-order valence-electron chi connectivity index (χ2n) is 7.94. The maximum atomic E-state index is 13.3. The summed E-state index contributed by atoms with van der Waals surface area (Å²) in [6.07, 6.45) is 0. The smallest absolute Gasteiger partial charge is 0.300 e. The topological polar surface area (TPSA) is 120 Å². The van der Waals surface area contributed by atoms with Gasteiger partial charge in [-0.2, -0.15) is 5.26 Å². The van der Waals surface area contributed by atoms with Gasteiger partial charge in [-0.1, -0.05) is 12.1 Å². The zero-order chi connectivity index (χ0) is 25.8. The van der Waals surface area contributed by atoms with Crippen LogP contribution in [0.15, 0.2) is 72.3 Å². The maximum absolute atomic E-state index is 13.3. The van der Waals surface area contributed by atoms with Gasteiger partial charge in [-0.3, -0.25) is 14.5 Å². The van der Waals surface area contributed by atoms with Gasteiger partial charge >= 0.3 is 0 Å². The van der Waals surface area contributed by atoms with Crippen molar-refractivity contribution in [2.75, 3.05) is 18.1 Å². The predicted molar refractivity (Wildman–Crippen MR) is 133 cm³/mol. The third kappa shape index (κ3) is 4.46. The van der Waals surface area contributed by atoms with Crippen LogP contribution >= 0.6 is 0 Å². The Bertz CT molecular complexity index is 1370. The van der Waals surface area contributed by atoms with Crippen molar-refractivity contribution in [3.05, 3.63) is 89.0 Å². The summed E-state index contributed by atoms with van der Waals surface area (Å²) >= 11 is 0. The molecule has 1 saturated heterocycles. The van der Waals surface area contributed by atoms with E-state index < -0.39 is 23.5 Å². The Morgan fingerprint density at radius 2 is 1.64 bits per heavy atom. The zero-order valence-corrected chi connectivity index (χ0v) is 19.8. The molecular formula is C28H24N2O6. The van der Waals surface area contributed by atoms with Crippen molar-refractivity contribution >= 4 is 23.1 Å². The van der Waals surface area contributed by atoms with Crippen molar-refractivity contribution in [1.29, 1.82) is 5.26 Å². The van der Waals surface area contributed by atoms with E-state index in [2.05, 4.69) is 0 Å². The van der Waals surface area contributed by atoms with Crippen molar-refractivity contribution in [1.82, 2.24) is 0 Å². The SMILES string of the molecule is CCOc1ccc(/C(O)=C2/C(=O)C(=O)N(c3ccc(C#N)cc3)C2c2ccc(O)cc2)c(OCC)c1. The molecule has 3 aromatic carbocycles. The van der Waals surface area contributed by atoms with Gasteiger partial charge in [0.05, 0.1) is 42.0 Å². The third-order valence-corrected chi connectivity index (χ3v) is 5.75. The normalized spacial score (nSPS) is 16.6. The van der Waals surface area contributed by atoms with Gasteiger partial charge in [0.15, 0.2) is 0 Å². The predicted octanol–water partition coefficient (Wildman–Crippen LogP) is 4.69. The van der Waals surface area contributed by atoms with Gasteiger partial charge < -0.3 is 19.7 Å². The molecule has 0 saturated carbocycles. The molecule has 1 heterocycles. The number of ketones is 1. The zero-order valence-electron chi connectivity index (χ0n) is 19.8. The second kappa shape index (κ2) is 10.2. The molecule has 8 nitrogen and oxygen atoms in total. The monoisotopic (exact) mass is 484 g/mol. The fourth-order valence-electron chi connectivity index (χ4n) is 4.14. The number of Topliss-reactive ketones (excluding diaryl/α,β-unsaturated/α-hetero) is 1. The fourth-order valence-corrected chi connectivity index (χ4v) is 4.14. The average molecular weight is 485 g/mol. The van der Waals surface area contributed by atoms with Crippen LogP contribution < -0.4 is 14.4 Å². The first-order valence-corrected chi connectivity index (χ1v) is 11.4. The van der Waals surface area contributed by atoms with Crippen LogP contribution in [-0.4, -0.2) is 35.1 Å². The van der Waals surface area contributed by atoms with Crippen LogP contribution in [0, 0.1) is 11.3 Å². The van der Waals surface area contributed by atoms with Crippen LogP contribution in [-0.2, 0) is 9.59 Å². The van der Waals surface area contributed by atoms with Crippen LogP contribution in [0.4, 0.5) is 5.69 Å². The number of phenols is 1. The van der Waals surface area contributed by atoms with Crippen LogP contribution in [0.5, 0.6) is 17.2 Å². The number of amides is 1. The first kappa shape index (κ1) is 24.4. The quantitative estimate of drug-likeness (QED) is 0.284. The number of phenolic OH excluding ortho intramolecular Hbond substituents is 1. The van der Waals surface area contributed by atoms with E-state index in [1.54, 1.807) is 61.5 Å². The summed E-state index contributed by atoms with van der Waals surface area (Å²) < 4.78 is 11.2. The highest BCUT2D eigenvalue weighted by Gasteiger charge is 2.47. The number of aliphatic hydroxyl groups excluding tert-OH is 1. The van der Waals surface area contributed by atoms with E-state index >= 15 is 0 Å². The molecule has 3 aromatic rings. The lowest BCUT2D eigenvalue weighted by atomic mass is 9.94. The Hall–Kier alpha value is -4.77. The molecule has 0 radical (unpaired) electrons. The largest absolute Gasteiger partial charge is 0.508 e. The summed E-state index contributed by atoms with van der Waals surface area (Å²) in [4.78, 5) is 27.9. The van der Waals surface area contributed by atoms with E-state index in [4.69, 9.17) is 14.7 Å². The first-order chi connectivity index (χ1) is 17.4. The number of benzene rings is 3. The minimum atomic E-state index is -0.986. The molecule has 1 amide bonds. The van der Waals surface area contributed by atoms with Gasteiger partial charge in [0.1, 0.15) is 23.0 Å². The molecule has 0 spiro atoms. The number of nitrogens with zero attached hydrogens (tertiary/aromatic N) is 2. The molecule has 182 valence electrons. The number of aromatic hydroxyl groups is 1. The Kier molecular flexibility index (Phi) is 6.93. The van der Waals surface area contributed by atoms with E-state index in [1.165, 1.54) is 17.0 Å². The minimum absolute atomic E-state index is 0.0132. The van der Waals surface area contributed by atoms with Gasteiger partial charge in [-0.25, -0.2) is 0 Å². The van der Waals surface area contributed by atoms with Crippen molar-refractivity contribution in [2.24, 2.45) is 0 Å². The Morgan fingerprint density at radius 3 is 2.25 bits per heavy atom. The number of nitriles is 1. The Morgan fingerprint density at radius 1 is 0.972 bits per heavy atom. The Labute approximate surface area is 208 Å². The highest BCUT2D eigenvalue weighted by molar-refractivity contribution is 6.51. The lowest BCUT2D eigenvalue weighted by Crippen LogP contribution is -2.29. The van der Waals surface area contributed by atoms with E-state index in [-0.39, 0.29) is 16.9 Å². The van der Waals surface area contributed by atoms with E-state index in [1.807, 2.05) is 13.0 Å². The number of hydrogen-bond donors (Lipinski definition) is 2. The van der Waals surface area contributed by atoms with Crippen LogP contribution in [0.1, 0.15) is 36.6 Å². The summed E-state index contributed by atoms with van der Waals surface area (Å²) in [6, 6.07) is 18.1. The van der Waals surface area contributed by atoms with Gasteiger partial charge in [-0.05, 0) is 67.9 Å². The van der Waals surface area contributed by atoms with E-state index in [0.717, 1.165) is 0 Å². The molecular weight excluding hydrogens is 460 g/mol. The Balaban J connectivity index is 1.93. The van der Waals surface area contributed by atoms with Crippen molar-refractivity contribution < 1.29 is 29.3 Å². The van der Waals surface area contributed by atoms with E-state index in [9.17, 15) is 19.8 Å². The maximum Gasteiger partial charge on any atom is 0.300 e. The fraction of sp³-hybridized carbons (Fsp3) is 0.179. The molecule has 1 aliphatic rings. The molecule has 0 bridgehead atoms. The second-order valence-corrected chi connectivity index (χ2v) is 7.94. The molecule has 1 unspecified atom stereocenters. The van der Waals surface area contributed by atoms with Crippen molar-refractivity contribution in [3.63, 3.8) is 0 Å². The number of carbonyl (C=O) groups excluding carboxylic acids is 2. The van der Waals surface area contributed by atoms with Gasteiger partial charge in [-0.15, -0.1) is 0 Å². The summed E-state index contributed by atoms with van der Waals surface area (Å²) in [7, 11) is 0. The number of ether oxygens (including phenoxy) is 2. The number of carbonyl (C=O) groups is 2. The molecule has 0 aliphatic carbocycles. The highest BCUT2D eigenvalue weighted by Crippen LogP contribution is 2.44. The molecule has 1 fully saturated rings. The molecule has 2 N–H and O–H groups in total. The van der Waals surface area contributed by atoms with Crippen molar-refractivity contribution in [3.8, 4) is 23.3 Å².